The molecule has 2 rings (SSSR count). The first-order valence-corrected chi connectivity index (χ1v) is 6.54. The second-order valence-electron chi connectivity index (χ2n) is 4.35. The minimum Gasteiger partial charge on any atom is -0.444 e. The highest BCUT2D eigenvalue weighted by Gasteiger charge is 2.21. The van der Waals surface area contributed by atoms with Crippen LogP contribution in [0.3, 0.4) is 0 Å². The van der Waals surface area contributed by atoms with Crippen LogP contribution in [0.15, 0.2) is 21.2 Å². The van der Waals surface area contributed by atoms with Crippen molar-refractivity contribution in [1.82, 2.24) is 4.90 Å². The van der Waals surface area contributed by atoms with E-state index in [4.69, 9.17) is 9.15 Å². The largest absolute Gasteiger partial charge is 0.444 e. The fourth-order valence-electron chi connectivity index (χ4n) is 2.02. The second kappa shape index (κ2) is 5.69. The lowest BCUT2D eigenvalue weighted by Gasteiger charge is -2.26. The van der Waals surface area contributed by atoms with Gasteiger partial charge in [0.15, 0.2) is 10.4 Å². The average molecular weight is 302 g/mol. The number of rotatable bonds is 3. The van der Waals surface area contributed by atoms with Gasteiger partial charge in [-0.15, -0.1) is 0 Å². The molecule has 1 fully saturated rings. The maximum absolute atomic E-state index is 12.0. The Morgan fingerprint density at radius 3 is 2.76 bits per heavy atom. The summed E-state index contributed by atoms with van der Waals surface area (Å²) < 4.78 is 11.1. The average Bonchev–Trinajstić information content (AvgIpc) is 2.76. The quantitative estimate of drug-likeness (QED) is 0.861. The van der Waals surface area contributed by atoms with E-state index in [1.807, 2.05) is 7.05 Å². The van der Waals surface area contributed by atoms with E-state index in [0.29, 0.717) is 16.3 Å². The summed E-state index contributed by atoms with van der Waals surface area (Å²) in [4.78, 5) is 13.7. The number of carbonyl (C=O) groups is 1. The summed E-state index contributed by atoms with van der Waals surface area (Å²) >= 11 is 3.19. The maximum Gasteiger partial charge on any atom is 0.289 e. The molecule has 0 bridgehead atoms. The Morgan fingerprint density at radius 1 is 1.47 bits per heavy atom. The molecule has 1 saturated heterocycles. The second-order valence-corrected chi connectivity index (χ2v) is 5.13. The fourth-order valence-corrected chi connectivity index (χ4v) is 2.32. The maximum atomic E-state index is 12.0. The van der Waals surface area contributed by atoms with E-state index in [0.717, 1.165) is 32.6 Å². The molecule has 0 spiro atoms. The van der Waals surface area contributed by atoms with Gasteiger partial charge < -0.3 is 14.1 Å². The summed E-state index contributed by atoms with van der Waals surface area (Å²) in [7, 11) is 1.81. The van der Waals surface area contributed by atoms with Crippen molar-refractivity contribution in [3.63, 3.8) is 0 Å². The highest BCUT2D eigenvalue weighted by Crippen LogP contribution is 2.18. The van der Waals surface area contributed by atoms with Crippen LogP contribution in [0.1, 0.15) is 23.4 Å². The van der Waals surface area contributed by atoms with Crippen molar-refractivity contribution in [3.05, 3.63) is 22.6 Å². The van der Waals surface area contributed by atoms with Crippen LogP contribution in [0.5, 0.6) is 0 Å². The minimum absolute atomic E-state index is 0.0674. The third-order valence-electron chi connectivity index (χ3n) is 3.00. The fraction of sp³-hybridized carbons (Fsp3) is 0.583. The SMILES string of the molecule is CN(CC1CCOCC1)C(=O)c1ccc(Br)o1. The zero-order valence-corrected chi connectivity index (χ0v) is 11.4. The lowest BCUT2D eigenvalue weighted by molar-refractivity contribution is 0.0485. The van der Waals surface area contributed by atoms with Gasteiger partial charge in [-0.05, 0) is 46.8 Å². The zero-order chi connectivity index (χ0) is 12.3. The predicted molar refractivity (Wildman–Crippen MR) is 66.9 cm³/mol. The van der Waals surface area contributed by atoms with Crippen molar-refractivity contribution in [3.8, 4) is 0 Å². The molecule has 0 aromatic carbocycles. The van der Waals surface area contributed by atoms with Gasteiger partial charge in [-0.3, -0.25) is 4.79 Å². The molecule has 94 valence electrons. The molecular formula is C12H16BrNO3. The van der Waals surface area contributed by atoms with Gasteiger partial charge in [0.05, 0.1) is 0 Å². The van der Waals surface area contributed by atoms with Gasteiger partial charge >= 0.3 is 0 Å². The molecule has 1 aromatic rings. The minimum atomic E-state index is -0.0674. The Kier molecular flexibility index (Phi) is 4.23. The van der Waals surface area contributed by atoms with Gasteiger partial charge in [-0.2, -0.15) is 0 Å². The number of halogens is 1. The Labute approximate surface area is 109 Å². The molecule has 1 aliphatic rings. The molecule has 1 aliphatic heterocycles. The van der Waals surface area contributed by atoms with Gasteiger partial charge in [0.25, 0.3) is 5.91 Å². The summed E-state index contributed by atoms with van der Waals surface area (Å²) in [5, 5.41) is 0. The van der Waals surface area contributed by atoms with E-state index >= 15 is 0 Å². The molecule has 0 atom stereocenters. The Hall–Kier alpha value is -0.810. The van der Waals surface area contributed by atoms with E-state index < -0.39 is 0 Å². The van der Waals surface area contributed by atoms with Crippen LogP contribution in [-0.4, -0.2) is 37.6 Å². The molecule has 2 heterocycles. The first-order chi connectivity index (χ1) is 8.16. The van der Waals surface area contributed by atoms with Crippen LogP contribution >= 0.6 is 15.9 Å². The topological polar surface area (TPSA) is 42.7 Å². The monoisotopic (exact) mass is 301 g/mol. The standard InChI is InChI=1S/C12H16BrNO3/c1-14(8-9-4-6-16-7-5-9)12(15)10-2-3-11(13)17-10/h2-3,9H,4-8H2,1H3. The van der Waals surface area contributed by atoms with Crippen LogP contribution in [0.25, 0.3) is 0 Å². The van der Waals surface area contributed by atoms with E-state index in [1.54, 1.807) is 17.0 Å². The van der Waals surface area contributed by atoms with Gasteiger partial charge in [-0.25, -0.2) is 0 Å². The van der Waals surface area contributed by atoms with Crippen molar-refractivity contribution >= 4 is 21.8 Å². The third-order valence-corrected chi connectivity index (χ3v) is 3.43. The Balaban J connectivity index is 1.90. The van der Waals surface area contributed by atoms with Crippen LogP contribution < -0.4 is 0 Å². The molecule has 0 N–H and O–H groups in total. The summed E-state index contributed by atoms with van der Waals surface area (Å²) in [5.41, 5.74) is 0. The predicted octanol–water partition coefficient (Wildman–Crippen LogP) is 2.54. The summed E-state index contributed by atoms with van der Waals surface area (Å²) in [5.74, 6) is 0.852. The first-order valence-electron chi connectivity index (χ1n) is 5.75. The van der Waals surface area contributed by atoms with E-state index in [9.17, 15) is 4.79 Å². The lowest BCUT2D eigenvalue weighted by Crippen LogP contribution is -2.33. The molecule has 0 unspecified atom stereocenters. The Morgan fingerprint density at radius 2 is 2.18 bits per heavy atom. The number of furan rings is 1. The number of ether oxygens (including phenoxy) is 1. The van der Waals surface area contributed by atoms with E-state index in [2.05, 4.69) is 15.9 Å². The molecule has 0 aliphatic carbocycles. The number of nitrogens with zero attached hydrogens (tertiary/aromatic N) is 1. The van der Waals surface area contributed by atoms with Crippen molar-refractivity contribution in [2.45, 2.75) is 12.8 Å². The molecule has 1 amide bonds. The van der Waals surface area contributed by atoms with Crippen LogP contribution in [0.4, 0.5) is 0 Å². The molecule has 0 radical (unpaired) electrons. The van der Waals surface area contributed by atoms with Crippen LogP contribution in [0.2, 0.25) is 0 Å². The Bertz CT molecular complexity index is 385. The number of hydrogen-bond acceptors (Lipinski definition) is 3. The lowest BCUT2D eigenvalue weighted by atomic mass is 10.00. The van der Waals surface area contributed by atoms with Crippen molar-refractivity contribution < 1.29 is 13.9 Å². The molecule has 1 aromatic heterocycles. The summed E-state index contributed by atoms with van der Waals surface area (Å²) in [6, 6.07) is 3.42. The van der Waals surface area contributed by atoms with E-state index in [-0.39, 0.29) is 5.91 Å². The number of carbonyl (C=O) groups excluding carboxylic acids is 1. The molecular weight excluding hydrogens is 286 g/mol. The summed E-state index contributed by atoms with van der Waals surface area (Å²) in [6.45, 7) is 2.37. The molecule has 17 heavy (non-hydrogen) atoms. The van der Waals surface area contributed by atoms with Gasteiger partial charge in [0, 0.05) is 26.8 Å². The number of amides is 1. The van der Waals surface area contributed by atoms with Crippen molar-refractivity contribution in [1.29, 1.82) is 0 Å². The van der Waals surface area contributed by atoms with Gasteiger partial charge in [0.2, 0.25) is 0 Å². The van der Waals surface area contributed by atoms with Crippen molar-refractivity contribution in [2.75, 3.05) is 26.8 Å². The first kappa shape index (κ1) is 12.6. The third kappa shape index (κ3) is 3.33. The van der Waals surface area contributed by atoms with Crippen molar-refractivity contribution in [2.24, 2.45) is 5.92 Å². The van der Waals surface area contributed by atoms with Gasteiger partial charge in [0.1, 0.15) is 0 Å². The van der Waals surface area contributed by atoms with Crippen LogP contribution in [-0.2, 0) is 4.74 Å². The molecule has 4 nitrogen and oxygen atoms in total. The smallest absolute Gasteiger partial charge is 0.289 e. The number of hydrogen-bond donors (Lipinski definition) is 0. The van der Waals surface area contributed by atoms with Gasteiger partial charge in [-0.1, -0.05) is 0 Å². The normalized spacial score (nSPS) is 17.1. The molecule has 5 heteroatoms. The highest BCUT2D eigenvalue weighted by molar-refractivity contribution is 9.10. The van der Waals surface area contributed by atoms with E-state index in [1.165, 1.54) is 0 Å². The zero-order valence-electron chi connectivity index (χ0n) is 9.82. The molecule has 0 saturated carbocycles. The van der Waals surface area contributed by atoms with Crippen LogP contribution in [0, 0.1) is 5.92 Å². The summed E-state index contributed by atoms with van der Waals surface area (Å²) in [6.07, 6.45) is 2.05. The highest BCUT2D eigenvalue weighted by atomic mass is 79.9.